The predicted molar refractivity (Wildman–Crippen MR) is 112 cm³/mol. The first-order valence-corrected chi connectivity index (χ1v) is 8.77. The summed E-state index contributed by atoms with van der Waals surface area (Å²) in [5.74, 6) is 1.40. The molecule has 1 amide bonds. The molecule has 0 saturated carbocycles. The topological polar surface area (TPSA) is 57.2 Å². The second kappa shape index (κ2) is 11.9. The molecule has 1 heterocycles. The standard InChI is InChI=1S/C18H27FN4O2.HI/c1-3-20-18(23-12-10-22(11-13-23)15(2)24)21-9-4-14-25-17-7-5-16(19)6-8-17;/h5-8H,3-4,9-14H2,1-2H3,(H,20,21);1H. The number of benzene rings is 1. The third kappa shape index (κ3) is 7.35. The van der Waals surface area contributed by atoms with Gasteiger partial charge >= 0.3 is 0 Å². The number of piperazine rings is 1. The normalized spacial score (nSPS) is 14.7. The molecule has 26 heavy (non-hydrogen) atoms. The number of rotatable bonds is 6. The van der Waals surface area contributed by atoms with Crippen LogP contribution in [0.15, 0.2) is 29.3 Å². The van der Waals surface area contributed by atoms with Crippen molar-refractivity contribution in [3.63, 3.8) is 0 Å². The van der Waals surface area contributed by atoms with Crippen LogP contribution in [0.1, 0.15) is 20.3 Å². The summed E-state index contributed by atoms with van der Waals surface area (Å²) < 4.78 is 18.4. The molecule has 8 heteroatoms. The van der Waals surface area contributed by atoms with E-state index in [0.717, 1.165) is 45.1 Å². The van der Waals surface area contributed by atoms with E-state index < -0.39 is 0 Å². The van der Waals surface area contributed by atoms with E-state index in [0.29, 0.717) is 18.9 Å². The SMILES string of the molecule is CCNC(=NCCCOc1ccc(F)cc1)N1CCN(C(C)=O)CC1.I. The van der Waals surface area contributed by atoms with Gasteiger partial charge in [0.25, 0.3) is 0 Å². The molecule has 1 saturated heterocycles. The second-order valence-electron chi connectivity index (χ2n) is 5.88. The van der Waals surface area contributed by atoms with Gasteiger partial charge < -0.3 is 19.9 Å². The lowest BCUT2D eigenvalue weighted by molar-refractivity contribution is -0.130. The number of carbonyl (C=O) groups is 1. The Balaban J connectivity index is 0.00000338. The van der Waals surface area contributed by atoms with Gasteiger partial charge in [0.1, 0.15) is 11.6 Å². The van der Waals surface area contributed by atoms with Gasteiger partial charge in [-0.1, -0.05) is 0 Å². The van der Waals surface area contributed by atoms with Crippen molar-refractivity contribution in [2.24, 2.45) is 4.99 Å². The molecule has 146 valence electrons. The van der Waals surface area contributed by atoms with Crippen molar-refractivity contribution in [1.29, 1.82) is 0 Å². The van der Waals surface area contributed by atoms with E-state index in [1.165, 1.54) is 12.1 Å². The maximum atomic E-state index is 12.8. The van der Waals surface area contributed by atoms with Crippen molar-refractivity contribution in [2.75, 3.05) is 45.9 Å². The van der Waals surface area contributed by atoms with Crippen molar-refractivity contribution in [2.45, 2.75) is 20.3 Å². The smallest absolute Gasteiger partial charge is 0.219 e. The zero-order valence-electron chi connectivity index (χ0n) is 15.4. The number of nitrogens with one attached hydrogen (secondary N) is 1. The molecule has 1 fully saturated rings. The molecular weight excluding hydrogens is 450 g/mol. The number of amides is 1. The third-order valence-electron chi connectivity index (χ3n) is 4.01. The fourth-order valence-corrected chi connectivity index (χ4v) is 2.63. The van der Waals surface area contributed by atoms with Crippen LogP contribution in [-0.4, -0.2) is 67.5 Å². The van der Waals surface area contributed by atoms with Crippen LogP contribution in [0.4, 0.5) is 4.39 Å². The van der Waals surface area contributed by atoms with Crippen LogP contribution in [0.2, 0.25) is 0 Å². The van der Waals surface area contributed by atoms with Crippen LogP contribution in [-0.2, 0) is 4.79 Å². The van der Waals surface area contributed by atoms with Crippen LogP contribution in [0, 0.1) is 5.82 Å². The van der Waals surface area contributed by atoms with Gasteiger partial charge in [-0.05, 0) is 31.2 Å². The summed E-state index contributed by atoms with van der Waals surface area (Å²) >= 11 is 0. The first-order valence-electron chi connectivity index (χ1n) is 8.77. The lowest BCUT2D eigenvalue weighted by Gasteiger charge is -2.36. The van der Waals surface area contributed by atoms with Gasteiger partial charge in [-0.3, -0.25) is 9.79 Å². The van der Waals surface area contributed by atoms with Crippen molar-refractivity contribution in [3.8, 4) is 5.75 Å². The molecule has 0 aliphatic carbocycles. The van der Waals surface area contributed by atoms with Gasteiger partial charge in [-0.2, -0.15) is 0 Å². The van der Waals surface area contributed by atoms with E-state index in [9.17, 15) is 9.18 Å². The summed E-state index contributed by atoms with van der Waals surface area (Å²) in [7, 11) is 0. The summed E-state index contributed by atoms with van der Waals surface area (Å²) in [5, 5.41) is 3.30. The Morgan fingerprint density at radius 2 is 1.81 bits per heavy atom. The van der Waals surface area contributed by atoms with E-state index >= 15 is 0 Å². The monoisotopic (exact) mass is 478 g/mol. The molecule has 0 spiro atoms. The average molecular weight is 478 g/mol. The van der Waals surface area contributed by atoms with Crippen molar-refractivity contribution < 1.29 is 13.9 Å². The van der Waals surface area contributed by atoms with Gasteiger partial charge in [0, 0.05) is 52.6 Å². The molecule has 0 bridgehead atoms. The molecule has 0 radical (unpaired) electrons. The zero-order valence-corrected chi connectivity index (χ0v) is 17.7. The first kappa shape index (κ1) is 22.5. The summed E-state index contributed by atoms with van der Waals surface area (Å²) in [4.78, 5) is 20.1. The van der Waals surface area contributed by atoms with Gasteiger partial charge in [0.15, 0.2) is 5.96 Å². The van der Waals surface area contributed by atoms with Gasteiger partial charge in [0.2, 0.25) is 5.91 Å². The number of halogens is 2. The highest BCUT2D eigenvalue weighted by molar-refractivity contribution is 14.0. The molecule has 6 nitrogen and oxygen atoms in total. The Bertz CT molecular complexity index is 575. The fraction of sp³-hybridized carbons (Fsp3) is 0.556. The molecule has 2 rings (SSSR count). The Kier molecular flexibility index (Phi) is 10.3. The molecule has 1 aromatic rings. The van der Waals surface area contributed by atoms with E-state index in [2.05, 4.69) is 15.2 Å². The van der Waals surface area contributed by atoms with Crippen LogP contribution in [0.3, 0.4) is 0 Å². The number of carbonyl (C=O) groups excluding carboxylic acids is 1. The minimum absolute atomic E-state index is 0. The van der Waals surface area contributed by atoms with Crippen LogP contribution >= 0.6 is 24.0 Å². The summed E-state index contributed by atoms with van der Waals surface area (Å²) in [5.41, 5.74) is 0. The molecule has 0 aromatic heterocycles. The lowest BCUT2D eigenvalue weighted by atomic mass is 10.3. The number of nitrogens with zero attached hydrogens (tertiary/aromatic N) is 3. The molecule has 1 aliphatic rings. The quantitative estimate of drug-likeness (QED) is 0.295. The molecule has 1 N–H and O–H groups in total. The second-order valence-corrected chi connectivity index (χ2v) is 5.88. The van der Waals surface area contributed by atoms with E-state index in [1.807, 2.05) is 11.8 Å². The lowest BCUT2D eigenvalue weighted by Crippen LogP contribution is -2.53. The third-order valence-corrected chi connectivity index (χ3v) is 4.01. The maximum absolute atomic E-state index is 12.8. The molecule has 1 aromatic carbocycles. The summed E-state index contributed by atoms with van der Waals surface area (Å²) in [6.45, 7) is 8.67. The highest BCUT2D eigenvalue weighted by atomic mass is 127. The number of hydrogen-bond acceptors (Lipinski definition) is 3. The van der Waals surface area contributed by atoms with Crippen molar-refractivity contribution in [3.05, 3.63) is 30.1 Å². The predicted octanol–water partition coefficient (Wildman–Crippen LogP) is 2.34. The van der Waals surface area contributed by atoms with E-state index in [-0.39, 0.29) is 35.7 Å². The number of guanidine groups is 1. The minimum atomic E-state index is -0.267. The summed E-state index contributed by atoms with van der Waals surface area (Å²) in [6.07, 6.45) is 0.777. The molecule has 1 aliphatic heterocycles. The van der Waals surface area contributed by atoms with Crippen LogP contribution < -0.4 is 10.1 Å². The van der Waals surface area contributed by atoms with Gasteiger partial charge in [-0.15, -0.1) is 24.0 Å². The van der Waals surface area contributed by atoms with Gasteiger partial charge in [0.05, 0.1) is 6.61 Å². The van der Waals surface area contributed by atoms with Gasteiger partial charge in [-0.25, -0.2) is 4.39 Å². The first-order chi connectivity index (χ1) is 12.1. The highest BCUT2D eigenvalue weighted by Crippen LogP contribution is 2.11. The Morgan fingerprint density at radius 1 is 1.19 bits per heavy atom. The molecule has 0 atom stereocenters. The highest BCUT2D eigenvalue weighted by Gasteiger charge is 2.20. The Morgan fingerprint density at radius 3 is 2.38 bits per heavy atom. The number of ether oxygens (including phenoxy) is 1. The Hall–Kier alpha value is -1.58. The van der Waals surface area contributed by atoms with Crippen LogP contribution in [0.5, 0.6) is 5.75 Å². The largest absolute Gasteiger partial charge is 0.494 e. The van der Waals surface area contributed by atoms with Crippen molar-refractivity contribution >= 4 is 35.8 Å². The maximum Gasteiger partial charge on any atom is 0.219 e. The number of aliphatic imine (C=N–C) groups is 1. The molecule has 0 unspecified atom stereocenters. The zero-order chi connectivity index (χ0) is 18.1. The van der Waals surface area contributed by atoms with E-state index in [4.69, 9.17) is 4.74 Å². The summed E-state index contributed by atoms with van der Waals surface area (Å²) in [6, 6.07) is 6.02. The minimum Gasteiger partial charge on any atom is -0.494 e. The fourth-order valence-electron chi connectivity index (χ4n) is 2.63. The number of hydrogen-bond donors (Lipinski definition) is 1. The van der Waals surface area contributed by atoms with E-state index in [1.54, 1.807) is 19.1 Å². The Labute approximate surface area is 171 Å². The average Bonchev–Trinajstić information content (AvgIpc) is 2.62. The van der Waals surface area contributed by atoms with Crippen LogP contribution in [0.25, 0.3) is 0 Å². The van der Waals surface area contributed by atoms with Crippen molar-refractivity contribution in [1.82, 2.24) is 15.1 Å². The molecular formula is C18H28FIN4O2.